The summed E-state index contributed by atoms with van der Waals surface area (Å²) in [5.41, 5.74) is 0.156. The molecule has 8 heteroatoms. The first kappa shape index (κ1) is 16.3. The zero-order valence-electron chi connectivity index (χ0n) is 10.5. The number of urea groups is 1. The SMILES string of the molecule is C=C(Br)CNC(=O)Nc1cc(OC)c(C(=O)O)cc1Cl. The molecule has 0 atom stereocenters. The molecule has 0 aliphatic rings. The average molecular weight is 364 g/mol. The molecular formula is C12H12BrClN2O4. The Morgan fingerprint density at radius 2 is 2.15 bits per heavy atom. The summed E-state index contributed by atoms with van der Waals surface area (Å²) in [4.78, 5) is 22.6. The summed E-state index contributed by atoms with van der Waals surface area (Å²) >= 11 is 9.02. The van der Waals surface area contributed by atoms with Crippen molar-refractivity contribution in [3.63, 3.8) is 0 Å². The fourth-order valence-corrected chi connectivity index (χ4v) is 1.68. The third-order valence-electron chi connectivity index (χ3n) is 2.21. The highest BCUT2D eigenvalue weighted by atomic mass is 79.9. The zero-order chi connectivity index (χ0) is 15.3. The lowest BCUT2D eigenvalue weighted by Crippen LogP contribution is -2.29. The number of halogens is 2. The Morgan fingerprint density at radius 1 is 1.50 bits per heavy atom. The minimum absolute atomic E-state index is 0.0858. The van der Waals surface area contributed by atoms with Gasteiger partial charge in [-0.1, -0.05) is 34.1 Å². The summed E-state index contributed by atoms with van der Waals surface area (Å²) in [5, 5.41) is 14.1. The Balaban J connectivity index is 2.93. The van der Waals surface area contributed by atoms with Crippen molar-refractivity contribution in [3.8, 4) is 5.75 Å². The maximum Gasteiger partial charge on any atom is 0.339 e. The highest BCUT2D eigenvalue weighted by Gasteiger charge is 2.16. The Labute approximate surface area is 128 Å². The number of carbonyl (C=O) groups is 2. The van der Waals surface area contributed by atoms with Crippen molar-refractivity contribution in [1.82, 2.24) is 5.32 Å². The van der Waals surface area contributed by atoms with Gasteiger partial charge in [-0.2, -0.15) is 0 Å². The number of aromatic carboxylic acids is 1. The molecule has 0 radical (unpaired) electrons. The number of carboxylic acid groups (broad SMARTS) is 1. The number of methoxy groups -OCH3 is 1. The van der Waals surface area contributed by atoms with Crippen molar-refractivity contribution in [2.24, 2.45) is 0 Å². The summed E-state index contributed by atoms with van der Waals surface area (Å²) in [6.45, 7) is 3.82. The topological polar surface area (TPSA) is 87.7 Å². The molecular weight excluding hydrogens is 351 g/mol. The molecule has 0 saturated carbocycles. The van der Waals surface area contributed by atoms with Crippen LogP contribution in [0, 0.1) is 0 Å². The van der Waals surface area contributed by atoms with Crippen LogP contribution in [0.2, 0.25) is 5.02 Å². The van der Waals surface area contributed by atoms with Crippen LogP contribution in [0.15, 0.2) is 23.2 Å². The molecule has 0 bridgehead atoms. The molecule has 1 rings (SSSR count). The molecule has 108 valence electrons. The van der Waals surface area contributed by atoms with E-state index in [2.05, 4.69) is 33.1 Å². The van der Waals surface area contributed by atoms with Gasteiger partial charge in [-0.15, -0.1) is 0 Å². The maximum atomic E-state index is 11.6. The fraction of sp³-hybridized carbons (Fsp3) is 0.167. The van der Waals surface area contributed by atoms with E-state index in [0.717, 1.165) is 0 Å². The number of rotatable bonds is 5. The Hall–Kier alpha value is -1.73. The average Bonchev–Trinajstić information content (AvgIpc) is 2.38. The predicted molar refractivity (Wildman–Crippen MR) is 80.1 cm³/mol. The van der Waals surface area contributed by atoms with Gasteiger partial charge < -0.3 is 20.5 Å². The van der Waals surface area contributed by atoms with Gasteiger partial charge in [0.05, 0.1) is 24.4 Å². The van der Waals surface area contributed by atoms with Crippen molar-refractivity contribution in [1.29, 1.82) is 0 Å². The molecule has 2 amide bonds. The number of benzene rings is 1. The summed E-state index contributed by atoms with van der Waals surface area (Å²) in [6, 6.07) is 2.05. The predicted octanol–water partition coefficient (Wildman–Crippen LogP) is 3.08. The molecule has 0 heterocycles. The van der Waals surface area contributed by atoms with Crippen LogP contribution < -0.4 is 15.4 Å². The number of hydrogen-bond acceptors (Lipinski definition) is 3. The van der Waals surface area contributed by atoms with E-state index in [1.165, 1.54) is 19.2 Å². The molecule has 0 aromatic heterocycles. The number of anilines is 1. The molecule has 3 N–H and O–H groups in total. The van der Waals surface area contributed by atoms with Gasteiger partial charge in [0.25, 0.3) is 0 Å². The van der Waals surface area contributed by atoms with Gasteiger partial charge in [-0.25, -0.2) is 9.59 Å². The van der Waals surface area contributed by atoms with Crippen LogP contribution in [0.5, 0.6) is 5.75 Å². The molecule has 0 aliphatic carbocycles. The molecule has 1 aromatic rings. The van der Waals surface area contributed by atoms with Crippen molar-refractivity contribution >= 4 is 45.2 Å². The van der Waals surface area contributed by atoms with E-state index in [1.54, 1.807) is 0 Å². The number of carbonyl (C=O) groups excluding carboxylic acids is 1. The van der Waals surface area contributed by atoms with Gasteiger partial charge in [-0.05, 0) is 6.07 Å². The lowest BCUT2D eigenvalue weighted by atomic mass is 10.2. The van der Waals surface area contributed by atoms with Gasteiger partial charge in [0.1, 0.15) is 11.3 Å². The first-order valence-corrected chi connectivity index (χ1v) is 6.51. The number of amides is 2. The third-order valence-corrected chi connectivity index (χ3v) is 2.80. The standard InChI is InChI=1S/C12H12BrClN2O4/c1-6(13)5-15-12(19)16-9-4-10(20-2)7(11(17)18)3-8(9)14/h3-4H,1,5H2,2H3,(H,17,18)(H2,15,16,19). The third kappa shape index (κ3) is 4.43. The second kappa shape index (κ2) is 7.16. The largest absolute Gasteiger partial charge is 0.496 e. The molecule has 0 fully saturated rings. The summed E-state index contributed by atoms with van der Waals surface area (Å²) in [7, 11) is 1.33. The summed E-state index contributed by atoms with van der Waals surface area (Å²) in [5.74, 6) is -1.07. The van der Waals surface area contributed by atoms with E-state index in [9.17, 15) is 9.59 Å². The first-order valence-electron chi connectivity index (χ1n) is 5.34. The molecule has 0 aliphatic heterocycles. The smallest absolute Gasteiger partial charge is 0.339 e. The van der Waals surface area contributed by atoms with Crippen molar-refractivity contribution in [3.05, 3.63) is 33.8 Å². The lowest BCUT2D eigenvalue weighted by Gasteiger charge is -2.12. The number of ether oxygens (including phenoxy) is 1. The van der Waals surface area contributed by atoms with Gasteiger partial charge in [0.2, 0.25) is 0 Å². The van der Waals surface area contributed by atoms with Gasteiger partial charge in [0.15, 0.2) is 0 Å². The van der Waals surface area contributed by atoms with Gasteiger partial charge in [-0.3, -0.25) is 0 Å². The van der Waals surface area contributed by atoms with Crippen LogP contribution in [0.25, 0.3) is 0 Å². The quantitative estimate of drug-likeness (QED) is 0.750. The highest BCUT2D eigenvalue weighted by Crippen LogP contribution is 2.30. The molecule has 1 aromatic carbocycles. The van der Waals surface area contributed by atoms with Crippen LogP contribution >= 0.6 is 27.5 Å². The maximum absolute atomic E-state index is 11.6. The summed E-state index contributed by atoms with van der Waals surface area (Å²) < 4.78 is 5.56. The minimum atomic E-state index is -1.17. The first-order chi connectivity index (χ1) is 9.35. The van der Waals surface area contributed by atoms with E-state index in [1.807, 2.05) is 0 Å². The number of hydrogen-bond donors (Lipinski definition) is 3. The van der Waals surface area contributed by atoms with Crippen LogP contribution in [0.4, 0.5) is 10.5 Å². The zero-order valence-corrected chi connectivity index (χ0v) is 12.8. The Morgan fingerprint density at radius 3 is 2.65 bits per heavy atom. The Kier molecular flexibility index (Phi) is 5.84. The van der Waals surface area contributed by atoms with Crippen LogP contribution in [0.3, 0.4) is 0 Å². The fourth-order valence-electron chi connectivity index (χ4n) is 1.33. The van der Waals surface area contributed by atoms with E-state index in [0.29, 0.717) is 4.48 Å². The minimum Gasteiger partial charge on any atom is -0.496 e. The monoisotopic (exact) mass is 362 g/mol. The lowest BCUT2D eigenvalue weighted by molar-refractivity contribution is 0.0693. The van der Waals surface area contributed by atoms with Crippen LogP contribution in [0.1, 0.15) is 10.4 Å². The normalized spacial score (nSPS) is 9.75. The van der Waals surface area contributed by atoms with Crippen molar-refractivity contribution in [2.45, 2.75) is 0 Å². The van der Waals surface area contributed by atoms with Crippen LogP contribution in [-0.2, 0) is 0 Å². The molecule has 20 heavy (non-hydrogen) atoms. The number of nitrogens with one attached hydrogen (secondary N) is 2. The van der Waals surface area contributed by atoms with E-state index in [4.69, 9.17) is 21.4 Å². The highest BCUT2D eigenvalue weighted by molar-refractivity contribution is 9.11. The molecule has 6 nitrogen and oxygen atoms in total. The van der Waals surface area contributed by atoms with E-state index in [-0.39, 0.29) is 28.6 Å². The number of carboxylic acids is 1. The van der Waals surface area contributed by atoms with E-state index >= 15 is 0 Å². The Bertz CT molecular complexity index is 563. The van der Waals surface area contributed by atoms with E-state index < -0.39 is 12.0 Å². The summed E-state index contributed by atoms with van der Waals surface area (Å²) in [6.07, 6.45) is 0. The molecule has 0 saturated heterocycles. The van der Waals surface area contributed by atoms with Gasteiger partial charge >= 0.3 is 12.0 Å². The van der Waals surface area contributed by atoms with Gasteiger partial charge in [0, 0.05) is 10.5 Å². The second-order valence-electron chi connectivity index (χ2n) is 3.66. The van der Waals surface area contributed by atoms with Crippen molar-refractivity contribution in [2.75, 3.05) is 19.0 Å². The van der Waals surface area contributed by atoms with Crippen LogP contribution in [-0.4, -0.2) is 30.8 Å². The second-order valence-corrected chi connectivity index (χ2v) is 5.19. The van der Waals surface area contributed by atoms with Crippen molar-refractivity contribution < 1.29 is 19.4 Å². The molecule has 0 unspecified atom stereocenters. The molecule has 0 spiro atoms.